The van der Waals surface area contributed by atoms with Crippen LogP contribution >= 0.6 is 11.8 Å². The molecule has 6 nitrogen and oxygen atoms in total. The number of para-hydroxylation sites is 1. The van der Waals surface area contributed by atoms with E-state index in [0.717, 1.165) is 33.5 Å². The van der Waals surface area contributed by atoms with Crippen LogP contribution in [-0.2, 0) is 16.1 Å². The van der Waals surface area contributed by atoms with Crippen molar-refractivity contribution < 1.29 is 19.1 Å². The molecule has 2 aliphatic rings. The number of hydrogen-bond donors (Lipinski definition) is 0. The van der Waals surface area contributed by atoms with Gasteiger partial charge in [-0.1, -0.05) is 60.3 Å². The Hall–Kier alpha value is -2.80. The molecule has 0 N–H and O–H groups in total. The van der Waals surface area contributed by atoms with E-state index in [9.17, 15) is 14.4 Å². The molecule has 1 atom stereocenters. The van der Waals surface area contributed by atoms with E-state index < -0.39 is 0 Å². The largest absolute Gasteiger partial charge is 0.484 e. The summed E-state index contributed by atoms with van der Waals surface area (Å²) in [5, 5.41) is -0.362. The van der Waals surface area contributed by atoms with E-state index in [-0.39, 0.29) is 35.5 Å². The van der Waals surface area contributed by atoms with Crippen LogP contribution in [0.5, 0.6) is 5.75 Å². The summed E-state index contributed by atoms with van der Waals surface area (Å²) in [6.45, 7) is 0.497. The minimum Gasteiger partial charge on any atom is -0.484 e. The Labute approximate surface area is 161 Å². The fraction of sp³-hybridized carbons (Fsp3) is 0.250. The molecule has 138 valence electrons. The minimum absolute atomic E-state index is 0.102. The van der Waals surface area contributed by atoms with Crippen LogP contribution in [0.3, 0.4) is 0 Å². The van der Waals surface area contributed by atoms with Crippen molar-refractivity contribution in [2.45, 2.75) is 12.6 Å². The molecule has 0 radical (unpaired) electrons. The number of nitrogens with zero attached hydrogens (tertiary/aromatic N) is 2. The topological polar surface area (TPSA) is 66.9 Å². The van der Waals surface area contributed by atoms with Crippen molar-refractivity contribution in [3.8, 4) is 5.75 Å². The van der Waals surface area contributed by atoms with Gasteiger partial charge in [-0.2, -0.15) is 0 Å². The van der Waals surface area contributed by atoms with E-state index in [1.165, 1.54) is 0 Å². The molecule has 2 aromatic carbocycles. The number of thioether (sulfide) groups is 1. The molecule has 2 heterocycles. The molecule has 7 heteroatoms. The molecule has 1 fully saturated rings. The van der Waals surface area contributed by atoms with Crippen LogP contribution < -0.4 is 4.74 Å². The van der Waals surface area contributed by atoms with E-state index in [0.29, 0.717) is 13.1 Å². The van der Waals surface area contributed by atoms with Gasteiger partial charge in [0, 0.05) is 12.1 Å². The summed E-state index contributed by atoms with van der Waals surface area (Å²) in [5.74, 6) is 0.264. The van der Waals surface area contributed by atoms with E-state index in [1.807, 2.05) is 54.6 Å². The predicted octanol–water partition coefficient (Wildman–Crippen LogP) is 2.84. The first kappa shape index (κ1) is 17.6. The van der Waals surface area contributed by atoms with Crippen LogP contribution in [0.1, 0.15) is 17.2 Å². The van der Waals surface area contributed by atoms with Gasteiger partial charge in [0.25, 0.3) is 5.24 Å². The van der Waals surface area contributed by atoms with Crippen molar-refractivity contribution in [2.24, 2.45) is 0 Å². The quantitative estimate of drug-likeness (QED) is 0.817. The lowest BCUT2D eigenvalue weighted by molar-refractivity contribution is -0.137. The predicted molar refractivity (Wildman–Crippen MR) is 101 cm³/mol. The van der Waals surface area contributed by atoms with Gasteiger partial charge in [-0.05, 0) is 11.6 Å². The van der Waals surface area contributed by atoms with Gasteiger partial charge in [0.2, 0.25) is 11.8 Å². The average molecular weight is 382 g/mol. The number of rotatable bonds is 3. The Morgan fingerprint density at radius 3 is 2.56 bits per heavy atom. The highest BCUT2D eigenvalue weighted by atomic mass is 32.2. The third-order valence-electron chi connectivity index (χ3n) is 4.65. The zero-order valence-electron chi connectivity index (χ0n) is 14.5. The van der Waals surface area contributed by atoms with E-state index in [4.69, 9.17) is 4.74 Å². The van der Waals surface area contributed by atoms with Crippen LogP contribution in [0.2, 0.25) is 0 Å². The first-order chi connectivity index (χ1) is 13.1. The molecule has 0 spiro atoms. The summed E-state index contributed by atoms with van der Waals surface area (Å²) in [4.78, 5) is 39.3. The fourth-order valence-electron chi connectivity index (χ4n) is 3.21. The van der Waals surface area contributed by atoms with Gasteiger partial charge in [-0.3, -0.25) is 19.3 Å². The van der Waals surface area contributed by atoms with Gasteiger partial charge < -0.3 is 9.64 Å². The number of carbonyl (C=O) groups excluding carboxylic acids is 3. The first-order valence-electron chi connectivity index (χ1n) is 8.66. The van der Waals surface area contributed by atoms with Crippen molar-refractivity contribution in [2.75, 3.05) is 18.8 Å². The highest BCUT2D eigenvalue weighted by molar-refractivity contribution is 8.14. The fourth-order valence-corrected chi connectivity index (χ4v) is 3.94. The van der Waals surface area contributed by atoms with Gasteiger partial charge in [0.1, 0.15) is 18.4 Å². The average Bonchev–Trinajstić information content (AvgIpc) is 2.91. The maximum absolute atomic E-state index is 12.9. The second kappa shape index (κ2) is 7.44. The first-order valence-corrected chi connectivity index (χ1v) is 9.65. The van der Waals surface area contributed by atoms with Crippen molar-refractivity contribution in [3.05, 3.63) is 65.7 Å². The van der Waals surface area contributed by atoms with E-state index >= 15 is 0 Å². The second-order valence-electron chi connectivity index (χ2n) is 6.43. The summed E-state index contributed by atoms with van der Waals surface area (Å²) in [5.41, 5.74) is 1.87. The van der Waals surface area contributed by atoms with Crippen LogP contribution in [-0.4, -0.2) is 45.7 Å². The molecule has 1 saturated heterocycles. The third kappa shape index (κ3) is 3.68. The molecule has 2 aromatic rings. The van der Waals surface area contributed by atoms with Gasteiger partial charge in [-0.25, -0.2) is 0 Å². The summed E-state index contributed by atoms with van der Waals surface area (Å²) in [6.07, 6.45) is -0.321. The second-order valence-corrected chi connectivity index (χ2v) is 7.36. The van der Waals surface area contributed by atoms with Gasteiger partial charge in [-0.15, -0.1) is 0 Å². The summed E-state index contributed by atoms with van der Waals surface area (Å²) >= 11 is 0.934. The molecular formula is C20H18N2O4S. The SMILES string of the molecule is O=C(CN1C(=O)CSC1=O)N1Cc2ccccc2O[C@H](c2ccccc2)C1. The Morgan fingerprint density at radius 2 is 1.81 bits per heavy atom. The van der Waals surface area contributed by atoms with Crippen molar-refractivity contribution >= 4 is 28.8 Å². The molecule has 0 unspecified atom stereocenters. The molecule has 0 bridgehead atoms. The van der Waals surface area contributed by atoms with Crippen molar-refractivity contribution in [1.29, 1.82) is 0 Å². The van der Waals surface area contributed by atoms with E-state index in [2.05, 4.69) is 0 Å². The molecule has 0 saturated carbocycles. The van der Waals surface area contributed by atoms with Crippen LogP contribution in [0.4, 0.5) is 4.79 Å². The Morgan fingerprint density at radius 1 is 1.07 bits per heavy atom. The molecule has 4 rings (SSSR count). The maximum Gasteiger partial charge on any atom is 0.289 e. The standard InChI is InChI=1S/C20H18N2O4S/c23-18(12-22-19(24)13-27-20(22)25)21-10-15-8-4-5-9-16(15)26-17(11-21)14-6-2-1-3-7-14/h1-9,17H,10-13H2/t17-/m0/s1. The summed E-state index contributed by atoms with van der Waals surface area (Å²) in [6, 6.07) is 17.3. The summed E-state index contributed by atoms with van der Waals surface area (Å²) < 4.78 is 6.19. The number of hydrogen-bond acceptors (Lipinski definition) is 5. The minimum atomic E-state index is -0.362. The lowest BCUT2D eigenvalue weighted by Crippen LogP contribution is -2.43. The monoisotopic (exact) mass is 382 g/mol. The highest BCUT2D eigenvalue weighted by Gasteiger charge is 2.34. The number of fused-ring (bicyclic) bond motifs is 1. The van der Waals surface area contributed by atoms with Gasteiger partial charge >= 0.3 is 0 Å². The lowest BCUT2D eigenvalue weighted by atomic mass is 10.1. The molecule has 27 heavy (non-hydrogen) atoms. The summed E-state index contributed by atoms with van der Waals surface area (Å²) in [7, 11) is 0. The van der Waals surface area contributed by atoms with Crippen molar-refractivity contribution in [3.63, 3.8) is 0 Å². The van der Waals surface area contributed by atoms with Crippen LogP contribution in [0, 0.1) is 0 Å². The molecule has 0 aromatic heterocycles. The number of benzene rings is 2. The molecule has 3 amide bonds. The van der Waals surface area contributed by atoms with Crippen LogP contribution in [0.25, 0.3) is 0 Å². The number of carbonyl (C=O) groups is 3. The van der Waals surface area contributed by atoms with Gasteiger partial charge in [0.15, 0.2) is 0 Å². The van der Waals surface area contributed by atoms with E-state index in [1.54, 1.807) is 4.90 Å². The Bertz CT molecular complexity index is 871. The normalized spacial score (nSPS) is 19.5. The molecular weight excluding hydrogens is 364 g/mol. The highest BCUT2D eigenvalue weighted by Crippen LogP contribution is 2.31. The number of imide groups is 1. The zero-order valence-corrected chi connectivity index (χ0v) is 15.4. The zero-order chi connectivity index (χ0) is 18.8. The smallest absolute Gasteiger partial charge is 0.289 e. The Kier molecular flexibility index (Phi) is 4.85. The lowest BCUT2D eigenvalue weighted by Gasteiger charge is -2.26. The number of ether oxygens (including phenoxy) is 1. The maximum atomic E-state index is 12.9. The molecule has 0 aliphatic carbocycles. The Balaban J connectivity index is 1.60. The van der Waals surface area contributed by atoms with Crippen LogP contribution in [0.15, 0.2) is 54.6 Å². The third-order valence-corrected chi connectivity index (χ3v) is 5.51. The van der Waals surface area contributed by atoms with Gasteiger partial charge in [0.05, 0.1) is 12.3 Å². The molecule has 2 aliphatic heterocycles. The number of amides is 3. The van der Waals surface area contributed by atoms with Crippen molar-refractivity contribution in [1.82, 2.24) is 9.80 Å².